The van der Waals surface area contributed by atoms with Crippen molar-refractivity contribution in [3.8, 4) is 11.5 Å². The predicted molar refractivity (Wildman–Crippen MR) is 131 cm³/mol. The third kappa shape index (κ3) is 4.15. The summed E-state index contributed by atoms with van der Waals surface area (Å²) in [6.07, 6.45) is 0. The van der Waals surface area contributed by atoms with E-state index in [4.69, 9.17) is 15.0 Å². The van der Waals surface area contributed by atoms with Crippen molar-refractivity contribution < 1.29 is 0 Å². The van der Waals surface area contributed by atoms with Gasteiger partial charge < -0.3 is 4.98 Å². The molecule has 2 heterocycles. The van der Waals surface area contributed by atoms with Crippen LogP contribution in [0.2, 0.25) is 0 Å². The highest BCUT2D eigenvalue weighted by atomic mass is 15.0. The zero-order chi connectivity index (χ0) is 22.1. The van der Waals surface area contributed by atoms with E-state index in [1.165, 1.54) is 11.1 Å². The van der Waals surface area contributed by atoms with Crippen molar-refractivity contribution in [1.29, 1.82) is 0 Å². The second kappa shape index (κ2) is 8.46. The van der Waals surface area contributed by atoms with Crippen molar-refractivity contribution in [3.63, 3.8) is 0 Å². The lowest BCUT2D eigenvalue weighted by atomic mass is 9.93. The zero-order valence-electron chi connectivity index (χ0n) is 19.2. The number of aryl methyl sites for hydroxylation is 1. The van der Waals surface area contributed by atoms with Crippen LogP contribution in [-0.4, -0.2) is 20.7 Å². The molecule has 4 heteroatoms. The van der Waals surface area contributed by atoms with Crippen molar-refractivity contribution >= 4 is 22.4 Å². The van der Waals surface area contributed by atoms with Gasteiger partial charge in [0.15, 0.2) is 5.82 Å². The largest absolute Gasteiger partial charge is 0.337 e. The lowest BCUT2D eigenvalue weighted by Gasteiger charge is -2.17. The van der Waals surface area contributed by atoms with Gasteiger partial charge in [0, 0.05) is 0 Å². The van der Waals surface area contributed by atoms with Crippen LogP contribution in [0.5, 0.6) is 0 Å². The van der Waals surface area contributed by atoms with Crippen LogP contribution in [0.1, 0.15) is 68.8 Å². The number of aromatic nitrogens is 3. The molecule has 0 atom stereocenters. The Balaban J connectivity index is 1.78. The first-order valence-corrected chi connectivity index (χ1v) is 11.0. The molecule has 31 heavy (non-hydrogen) atoms. The Labute approximate surface area is 184 Å². The fourth-order valence-electron chi connectivity index (χ4n) is 3.93. The molecule has 1 N–H and O–H groups in total. The van der Waals surface area contributed by atoms with E-state index in [0.29, 0.717) is 11.8 Å². The van der Waals surface area contributed by atoms with Crippen LogP contribution in [0.25, 0.3) is 22.6 Å². The van der Waals surface area contributed by atoms with Gasteiger partial charge in [0.05, 0.1) is 28.1 Å². The van der Waals surface area contributed by atoms with E-state index in [9.17, 15) is 0 Å². The maximum atomic E-state index is 5.09. The van der Waals surface area contributed by atoms with Crippen molar-refractivity contribution in [2.75, 3.05) is 0 Å². The second-order valence-electron chi connectivity index (χ2n) is 8.76. The molecule has 0 amide bonds. The number of H-pyrrole nitrogens is 1. The molecule has 4 rings (SSSR count). The lowest BCUT2D eigenvalue weighted by molar-refractivity contribution is 0.834. The summed E-state index contributed by atoms with van der Waals surface area (Å²) in [6, 6.07) is 18.7. The van der Waals surface area contributed by atoms with Crippen LogP contribution in [0.3, 0.4) is 0 Å². The molecule has 0 bridgehead atoms. The third-order valence-electron chi connectivity index (χ3n) is 5.70. The van der Waals surface area contributed by atoms with Gasteiger partial charge in [-0.05, 0) is 60.6 Å². The molecule has 4 nitrogen and oxygen atoms in total. The Kier molecular flexibility index (Phi) is 5.73. The second-order valence-corrected chi connectivity index (χ2v) is 8.76. The fourth-order valence-corrected chi connectivity index (χ4v) is 3.93. The van der Waals surface area contributed by atoms with Gasteiger partial charge in [0.25, 0.3) is 0 Å². The van der Waals surface area contributed by atoms with Crippen LogP contribution in [0.4, 0.5) is 5.69 Å². The van der Waals surface area contributed by atoms with Crippen LogP contribution in [-0.2, 0) is 0 Å². The van der Waals surface area contributed by atoms with Gasteiger partial charge in [-0.2, -0.15) is 0 Å². The maximum Gasteiger partial charge on any atom is 0.157 e. The average Bonchev–Trinajstić information content (AvgIpc) is 3.19. The highest BCUT2D eigenvalue weighted by molar-refractivity contribution is 5.99. The van der Waals surface area contributed by atoms with E-state index in [2.05, 4.69) is 63.9 Å². The van der Waals surface area contributed by atoms with Crippen molar-refractivity contribution in [1.82, 2.24) is 15.0 Å². The number of aliphatic imine (C=N–C) groups is 1. The Bertz CT molecular complexity index is 1240. The molecule has 2 aromatic carbocycles. The first kappa shape index (κ1) is 21.0. The first-order chi connectivity index (χ1) is 14.8. The molecule has 0 spiro atoms. The monoisotopic (exact) mass is 410 g/mol. The van der Waals surface area contributed by atoms with E-state index in [0.717, 1.165) is 45.2 Å². The summed E-state index contributed by atoms with van der Waals surface area (Å²) in [5, 5.41) is 0. The number of pyridine rings is 1. The molecular formula is C27H30N4. The maximum absolute atomic E-state index is 5.09. The number of benzene rings is 2. The van der Waals surface area contributed by atoms with E-state index < -0.39 is 0 Å². The molecule has 0 saturated carbocycles. The highest BCUT2D eigenvalue weighted by Crippen LogP contribution is 2.35. The summed E-state index contributed by atoms with van der Waals surface area (Å²) in [7, 11) is 0. The number of hydrogen-bond donors (Lipinski definition) is 1. The number of hydrogen-bond acceptors (Lipinski definition) is 3. The minimum absolute atomic E-state index is 0.406. The quantitative estimate of drug-likeness (QED) is 0.350. The lowest BCUT2D eigenvalue weighted by Crippen LogP contribution is -2.02. The average molecular weight is 411 g/mol. The van der Waals surface area contributed by atoms with Gasteiger partial charge >= 0.3 is 0 Å². The third-order valence-corrected chi connectivity index (χ3v) is 5.70. The van der Waals surface area contributed by atoms with E-state index in [1.807, 2.05) is 37.3 Å². The molecular weight excluding hydrogens is 380 g/mol. The molecule has 0 aliphatic heterocycles. The summed E-state index contributed by atoms with van der Waals surface area (Å²) in [5.41, 5.74) is 9.39. The van der Waals surface area contributed by atoms with E-state index >= 15 is 0 Å². The number of para-hydroxylation sites is 2. The van der Waals surface area contributed by atoms with Crippen LogP contribution in [0, 0.1) is 6.92 Å². The first-order valence-electron chi connectivity index (χ1n) is 11.0. The topological polar surface area (TPSA) is 53.9 Å². The molecule has 0 unspecified atom stereocenters. The number of nitrogens with zero attached hydrogens (tertiary/aromatic N) is 3. The summed E-state index contributed by atoms with van der Waals surface area (Å²) < 4.78 is 0. The van der Waals surface area contributed by atoms with Gasteiger partial charge in [-0.3, -0.25) is 4.99 Å². The summed E-state index contributed by atoms with van der Waals surface area (Å²) in [6.45, 7) is 13.0. The Morgan fingerprint density at radius 1 is 0.839 bits per heavy atom. The highest BCUT2D eigenvalue weighted by Gasteiger charge is 2.15. The zero-order valence-corrected chi connectivity index (χ0v) is 19.2. The van der Waals surface area contributed by atoms with E-state index in [1.54, 1.807) is 0 Å². The van der Waals surface area contributed by atoms with Gasteiger partial charge in [-0.15, -0.1) is 0 Å². The molecule has 2 aromatic heterocycles. The normalized spacial score (nSPS) is 12.3. The molecule has 0 aliphatic carbocycles. The van der Waals surface area contributed by atoms with Gasteiger partial charge in [0.2, 0.25) is 0 Å². The summed E-state index contributed by atoms with van der Waals surface area (Å²) in [4.78, 5) is 18.2. The van der Waals surface area contributed by atoms with Gasteiger partial charge in [-0.1, -0.05) is 64.1 Å². The van der Waals surface area contributed by atoms with E-state index in [-0.39, 0.29) is 0 Å². The molecule has 0 aliphatic rings. The SMILES string of the molecule is CC(=Nc1c(C(C)C)cccc1C(C)C)c1cccc(-c2nc3c(C)cccc3[nH]2)n1. The molecule has 4 aromatic rings. The minimum Gasteiger partial charge on any atom is -0.337 e. The number of rotatable bonds is 5. The Morgan fingerprint density at radius 2 is 1.48 bits per heavy atom. The van der Waals surface area contributed by atoms with Crippen LogP contribution in [0.15, 0.2) is 59.6 Å². The molecule has 0 radical (unpaired) electrons. The molecule has 0 saturated heterocycles. The minimum atomic E-state index is 0.406. The number of imidazole rings is 1. The summed E-state index contributed by atoms with van der Waals surface area (Å²) in [5.74, 6) is 1.59. The number of fused-ring (bicyclic) bond motifs is 1. The van der Waals surface area contributed by atoms with Crippen molar-refractivity contribution in [3.05, 3.63) is 77.0 Å². The Morgan fingerprint density at radius 3 is 2.13 bits per heavy atom. The standard InChI is InChI=1S/C27H30N4/c1-16(2)20-11-8-12-21(17(3)4)26(20)28-19(6)22-13-9-15-24(29-22)27-30-23-14-7-10-18(5)25(23)31-27/h7-17H,1-6H3,(H,30,31). The smallest absolute Gasteiger partial charge is 0.157 e. The molecule has 0 fully saturated rings. The number of aromatic amines is 1. The van der Waals surface area contributed by atoms with Crippen molar-refractivity contribution in [2.45, 2.75) is 53.4 Å². The van der Waals surface area contributed by atoms with Gasteiger partial charge in [-0.25, -0.2) is 9.97 Å². The van der Waals surface area contributed by atoms with Gasteiger partial charge in [0.1, 0.15) is 5.69 Å². The molecule has 158 valence electrons. The van der Waals surface area contributed by atoms with Crippen LogP contribution < -0.4 is 0 Å². The number of nitrogens with one attached hydrogen (secondary N) is 1. The predicted octanol–water partition coefficient (Wildman–Crippen LogP) is 7.32. The van der Waals surface area contributed by atoms with Crippen molar-refractivity contribution in [2.24, 2.45) is 4.99 Å². The fraction of sp³-hybridized carbons (Fsp3) is 0.296. The summed E-state index contributed by atoms with van der Waals surface area (Å²) >= 11 is 0. The Hall–Kier alpha value is -3.27. The van der Waals surface area contributed by atoms with Crippen LogP contribution >= 0.6 is 0 Å².